The van der Waals surface area contributed by atoms with Crippen molar-refractivity contribution in [2.75, 3.05) is 6.54 Å². The third kappa shape index (κ3) is 3.28. The monoisotopic (exact) mass is 318 g/mol. The molecule has 2 heterocycles. The van der Waals surface area contributed by atoms with Crippen LogP contribution < -0.4 is 0 Å². The molecule has 0 saturated carbocycles. The molecule has 1 aliphatic rings. The van der Waals surface area contributed by atoms with Gasteiger partial charge in [-0.05, 0) is 19.1 Å². The Morgan fingerprint density at radius 2 is 1.95 bits per heavy atom. The van der Waals surface area contributed by atoms with Crippen LogP contribution in [0.5, 0.6) is 0 Å². The molecule has 0 aromatic carbocycles. The lowest BCUT2D eigenvalue weighted by Crippen LogP contribution is -2.33. The third-order valence-electron chi connectivity index (χ3n) is 3.43. The molecule has 0 radical (unpaired) electrons. The number of hydrogen-bond acceptors (Lipinski definition) is 6. The Labute approximate surface area is 131 Å². The first-order chi connectivity index (χ1) is 10.4. The van der Waals surface area contributed by atoms with Gasteiger partial charge in [-0.15, -0.1) is 11.3 Å². The quantitative estimate of drug-likeness (QED) is 0.450. The van der Waals surface area contributed by atoms with Gasteiger partial charge in [0.25, 0.3) is 0 Å². The standard InChI is InChI=1S/C15H14N2O4S/c1-9-2-3-12(22-9)15(21)10(8-16)11(18)6-7-17-13(19)4-5-14(17)20/h2-3,10H,4-7H2,1H3. The number of Topliss-reactive ketones (excluding diaryl/α,β-unsaturated/α-hetero) is 2. The van der Waals surface area contributed by atoms with Crippen molar-refractivity contribution in [1.29, 1.82) is 5.26 Å². The first-order valence-electron chi connectivity index (χ1n) is 6.80. The number of thiophene rings is 1. The minimum absolute atomic E-state index is 0.0641. The minimum Gasteiger partial charge on any atom is -0.298 e. The lowest BCUT2D eigenvalue weighted by molar-refractivity contribution is -0.138. The van der Waals surface area contributed by atoms with Crippen LogP contribution in [0.2, 0.25) is 0 Å². The molecule has 1 fully saturated rings. The smallest absolute Gasteiger partial charge is 0.229 e. The second kappa shape index (κ2) is 6.62. The summed E-state index contributed by atoms with van der Waals surface area (Å²) in [6.07, 6.45) is 0.135. The van der Waals surface area contributed by atoms with Crippen LogP contribution in [0.1, 0.15) is 33.8 Å². The molecule has 2 amide bonds. The predicted octanol–water partition coefficient (Wildman–Crippen LogP) is 1.49. The fraction of sp³-hybridized carbons (Fsp3) is 0.400. The molecule has 0 N–H and O–H groups in total. The van der Waals surface area contributed by atoms with Gasteiger partial charge in [-0.25, -0.2) is 0 Å². The van der Waals surface area contributed by atoms with Crippen LogP contribution in [0.4, 0.5) is 0 Å². The van der Waals surface area contributed by atoms with Gasteiger partial charge in [0.1, 0.15) is 0 Å². The Balaban J connectivity index is 2.00. The number of hydrogen-bond donors (Lipinski definition) is 0. The van der Waals surface area contributed by atoms with Crippen molar-refractivity contribution in [2.45, 2.75) is 26.2 Å². The third-order valence-corrected chi connectivity index (χ3v) is 4.45. The summed E-state index contributed by atoms with van der Waals surface area (Å²) in [4.78, 5) is 49.5. The number of amides is 2. The molecule has 1 aromatic rings. The zero-order valence-electron chi connectivity index (χ0n) is 12.0. The molecule has 22 heavy (non-hydrogen) atoms. The zero-order chi connectivity index (χ0) is 16.3. The summed E-state index contributed by atoms with van der Waals surface area (Å²) in [5, 5.41) is 9.10. The Morgan fingerprint density at radius 3 is 2.45 bits per heavy atom. The summed E-state index contributed by atoms with van der Waals surface area (Å²) in [7, 11) is 0. The van der Waals surface area contributed by atoms with E-state index in [1.165, 1.54) is 11.3 Å². The summed E-state index contributed by atoms with van der Waals surface area (Å²) < 4.78 is 0. The number of imide groups is 1. The summed E-state index contributed by atoms with van der Waals surface area (Å²) in [5.41, 5.74) is 0. The highest BCUT2D eigenvalue weighted by atomic mass is 32.1. The normalized spacial score (nSPS) is 15.7. The lowest BCUT2D eigenvalue weighted by Gasteiger charge is -2.13. The van der Waals surface area contributed by atoms with E-state index in [1.54, 1.807) is 18.2 Å². The fourth-order valence-electron chi connectivity index (χ4n) is 2.22. The van der Waals surface area contributed by atoms with Gasteiger partial charge in [-0.2, -0.15) is 5.26 Å². The van der Waals surface area contributed by atoms with Crippen molar-refractivity contribution in [2.24, 2.45) is 5.92 Å². The minimum atomic E-state index is -1.38. The van der Waals surface area contributed by atoms with Gasteiger partial charge in [0.05, 0.1) is 10.9 Å². The summed E-state index contributed by atoms with van der Waals surface area (Å²) in [5.74, 6) is -3.10. The summed E-state index contributed by atoms with van der Waals surface area (Å²) >= 11 is 1.23. The SMILES string of the molecule is Cc1ccc(C(=O)C(C#N)C(=O)CCN2C(=O)CCC2=O)s1. The topological polar surface area (TPSA) is 95.3 Å². The van der Waals surface area contributed by atoms with Crippen LogP contribution >= 0.6 is 11.3 Å². The second-order valence-corrected chi connectivity index (χ2v) is 6.28. The van der Waals surface area contributed by atoms with Crippen molar-refractivity contribution in [1.82, 2.24) is 4.90 Å². The molecule has 0 spiro atoms. The van der Waals surface area contributed by atoms with Gasteiger partial charge in [-0.3, -0.25) is 24.1 Å². The molecule has 1 aromatic heterocycles. The maximum Gasteiger partial charge on any atom is 0.229 e. The van der Waals surface area contributed by atoms with Crippen LogP contribution in [0.25, 0.3) is 0 Å². The van der Waals surface area contributed by atoms with E-state index in [9.17, 15) is 19.2 Å². The molecule has 1 saturated heterocycles. The van der Waals surface area contributed by atoms with Gasteiger partial charge >= 0.3 is 0 Å². The number of ketones is 2. The summed E-state index contributed by atoms with van der Waals surface area (Å²) in [6, 6.07) is 5.07. The van der Waals surface area contributed by atoms with E-state index in [2.05, 4.69) is 0 Å². The molecule has 0 bridgehead atoms. The van der Waals surface area contributed by atoms with Crippen LogP contribution in [-0.4, -0.2) is 34.8 Å². The number of carbonyl (C=O) groups excluding carboxylic acids is 4. The average Bonchev–Trinajstić information content (AvgIpc) is 3.04. The highest BCUT2D eigenvalue weighted by molar-refractivity contribution is 7.14. The van der Waals surface area contributed by atoms with Crippen molar-refractivity contribution >= 4 is 34.7 Å². The maximum absolute atomic E-state index is 12.2. The number of rotatable bonds is 6. The molecule has 114 valence electrons. The second-order valence-electron chi connectivity index (χ2n) is 4.99. The van der Waals surface area contributed by atoms with Gasteiger partial charge in [-0.1, -0.05) is 0 Å². The van der Waals surface area contributed by atoms with Gasteiger partial charge in [0.15, 0.2) is 17.5 Å². The van der Waals surface area contributed by atoms with E-state index in [-0.39, 0.29) is 37.6 Å². The molecule has 1 aliphatic heterocycles. The lowest BCUT2D eigenvalue weighted by atomic mass is 9.97. The Kier molecular flexibility index (Phi) is 4.83. The van der Waals surface area contributed by atoms with Crippen molar-refractivity contribution in [3.05, 3.63) is 21.9 Å². The molecule has 1 atom stereocenters. The number of likely N-dealkylation sites (tertiary alicyclic amines) is 1. The van der Waals surface area contributed by atoms with E-state index in [0.29, 0.717) is 4.88 Å². The van der Waals surface area contributed by atoms with E-state index >= 15 is 0 Å². The highest BCUT2D eigenvalue weighted by Crippen LogP contribution is 2.20. The highest BCUT2D eigenvalue weighted by Gasteiger charge is 2.32. The predicted molar refractivity (Wildman–Crippen MR) is 78.1 cm³/mol. The van der Waals surface area contributed by atoms with Crippen molar-refractivity contribution < 1.29 is 19.2 Å². The van der Waals surface area contributed by atoms with E-state index in [1.807, 2.05) is 6.92 Å². The molecule has 2 rings (SSSR count). The molecule has 6 nitrogen and oxygen atoms in total. The Morgan fingerprint density at radius 1 is 1.32 bits per heavy atom. The molecular formula is C15H14N2O4S. The number of nitrogens with zero attached hydrogens (tertiary/aromatic N) is 2. The first-order valence-corrected chi connectivity index (χ1v) is 7.62. The zero-order valence-corrected chi connectivity index (χ0v) is 12.8. The molecule has 1 unspecified atom stereocenters. The van der Waals surface area contributed by atoms with Crippen LogP contribution in [0.3, 0.4) is 0 Å². The number of carbonyl (C=O) groups is 4. The number of aryl methyl sites for hydroxylation is 1. The van der Waals surface area contributed by atoms with Gasteiger partial charge < -0.3 is 0 Å². The van der Waals surface area contributed by atoms with Crippen LogP contribution in [0.15, 0.2) is 12.1 Å². The van der Waals surface area contributed by atoms with Gasteiger partial charge in [0.2, 0.25) is 11.8 Å². The van der Waals surface area contributed by atoms with Crippen molar-refractivity contribution in [3.8, 4) is 6.07 Å². The van der Waals surface area contributed by atoms with Crippen molar-refractivity contribution in [3.63, 3.8) is 0 Å². The Hall–Kier alpha value is -2.33. The number of nitriles is 1. The molecule has 0 aliphatic carbocycles. The molecular weight excluding hydrogens is 304 g/mol. The van der Waals surface area contributed by atoms with E-state index in [4.69, 9.17) is 5.26 Å². The molecule has 7 heteroatoms. The fourth-order valence-corrected chi connectivity index (χ4v) is 3.06. The largest absolute Gasteiger partial charge is 0.298 e. The van der Waals surface area contributed by atoms with Crippen LogP contribution in [0, 0.1) is 24.2 Å². The summed E-state index contributed by atoms with van der Waals surface area (Å²) in [6.45, 7) is 1.76. The first kappa shape index (κ1) is 16.0. The van der Waals surface area contributed by atoms with E-state index in [0.717, 1.165) is 9.78 Å². The Bertz CT molecular complexity index is 670. The maximum atomic E-state index is 12.2. The average molecular weight is 318 g/mol. The van der Waals surface area contributed by atoms with E-state index < -0.39 is 17.5 Å². The van der Waals surface area contributed by atoms with Crippen LogP contribution in [-0.2, 0) is 14.4 Å². The van der Waals surface area contributed by atoms with Gasteiger partial charge in [0, 0.05) is 30.7 Å².